The molecule has 0 unspecified atom stereocenters. The highest BCUT2D eigenvalue weighted by atomic mass is 35.5. The van der Waals surface area contributed by atoms with E-state index in [1.807, 2.05) is 42.5 Å². The lowest BCUT2D eigenvalue weighted by atomic mass is 10.1. The number of nitrogens with zero attached hydrogens (tertiary/aromatic N) is 1. The summed E-state index contributed by atoms with van der Waals surface area (Å²) in [5, 5.41) is 6.95. The van der Waals surface area contributed by atoms with Crippen molar-refractivity contribution in [1.29, 1.82) is 0 Å². The monoisotopic (exact) mass is 427 g/mol. The van der Waals surface area contributed by atoms with Gasteiger partial charge in [0, 0.05) is 18.7 Å². The maximum absolute atomic E-state index is 12.7. The van der Waals surface area contributed by atoms with Gasteiger partial charge in [-0.25, -0.2) is 4.98 Å². The van der Waals surface area contributed by atoms with Crippen LogP contribution in [0.4, 0.5) is 0 Å². The number of halogens is 2. The van der Waals surface area contributed by atoms with Crippen LogP contribution < -0.4 is 10.6 Å². The first kappa shape index (κ1) is 23.2. The van der Waals surface area contributed by atoms with Crippen molar-refractivity contribution in [1.82, 2.24) is 15.6 Å². The van der Waals surface area contributed by atoms with Gasteiger partial charge in [0.15, 0.2) is 10.8 Å². The van der Waals surface area contributed by atoms with Crippen molar-refractivity contribution in [2.45, 2.75) is 13.3 Å². The molecule has 0 atom stereocenters. The van der Waals surface area contributed by atoms with Crippen LogP contribution in [0.25, 0.3) is 22.0 Å². The topological polar surface area (TPSA) is 67.2 Å². The molecule has 2 heterocycles. The highest BCUT2D eigenvalue weighted by molar-refractivity contribution is 7.17. The first-order valence-electron chi connectivity index (χ1n) is 8.38. The lowest BCUT2D eigenvalue weighted by Gasteiger charge is -2.06. The first-order valence-corrected chi connectivity index (χ1v) is 9.20. The molecule has 0 fully saturated rings. The highest BCUT2D eigenvalue weighted by Gasteiger charge is 2.20. The largest absolute Gasteiger partial charge is 0.462 e. The minimum Gasteiger partial charge on any atom is -0.462 e. The molecule has 0 spiro atoms. The molecule has 2 N–H and O–H groups in total. The quantitative estimate of drug-likeness (QED) is 0.513. The van der Waals surface area contributed by atoms with Crippen molar-refractivity contribution >= 4 is 42.1 Å². The summed E-state index contributed by atoms with van der Waals surface area (Å²) in [6, 6.07) is 13.4. The maximum Gasteiger partial charge on any atom is 0.263 e. The molecule has 5 nitrogen and oxygen atoms in total. The molecule has 0 bridgehead atoms. The van der Waals surface area contributed by atoms with Gasteiger partial charge in [-0.3, -0.25) is 4.79 Å². The van der Waals surface area contributed by atoms with E-state index in [1.54, 1.807) is 6.26 Å². The van der Waals surface area contributed by atoms with Crippen molar-refractivity contribution in [2.24, 2.45) is 0 Å². The summed E-state index contributed by atoms with van der Waals surface area (Å²) in [4.78, 5) is 17.9. The molecule has 3 rings (SSSR count). The second-order valence-corrected chi connectivity index (χ2v) is 6.55. The van der Waals surface area contributed by atoms with Gasteiger partial charge in [-0.2, -0.15) is 0 Å². The Hall–Kier alpha value is -1.86. The van der Waals surface area contributed by atoms with Gasteiger partial charge in [0.2, 0.25) is 0 Å². The zero-order chi connectivity index (χ0) is 17.5. The molecule has 8 heteroatoms. The summed E-state index contributed by atoms with van der Waals surface area (Å²) in [5.41, 5.74) is 1.61. The molecule has 0 saturated heterocycles. The SMILES string of the molecule is CCCNCCNC(=O)c1sc(-c2ccco2)nc1-c1ccccc1.Cl.Cl. The smallest absolute Gasteiger partial charge is 0.263 e. The van der Waals surface area contributed by atoms with E-state index in [0.717, 1.165) is 25.1 Å². The van der Waals surface area contributed by atoms with Crippen LogP contribution in [-0.2, 0) is 0 Å². The van der Waals surface area contributed by atoms with Crippen LogP contribution in [0.1, 0.15) is 23.0 Å². The van der Waals surface area contributed by atoms with Crippen molar-refractivity contribution in [3.05, 3.63) is 53.6 Å². The Labute approximate surface area is 175 Å². The second-order valence-electron chi connectivity index (χ2n) is 5.55. The Kier molecular flexibility index (Phi) is 10.1. The Morgan fingerprint density at radius 1 is 1.07 bits per heavy atom. The Bertz CT molecular complexity index is 808. The molecule has 0 aliphatic carbocycles. The van der Waals surface area contributed by atoms with Gasteiger partial charge >= 0.3 is 0 Å². The maximum atomic E-state index is 12.7. The molecule has 0 aliphatic rings. The van der Waals surface area contributed by atoms with E-state index in [2.05, 4.69) is 22.5 Å². The van der Waals surface area contributed by atoms with E-state index in [4.69, 9.17) is 4.42 Å². The van der Waals surface area contributed by atoms with E-state index < -0.39 is 0 Å². The average molecular weight is 428 g/mol. The molecular weight excluding hydrogens is 405 g/mol. The van der Waals surface area contributed by atoms with Crippen LogP contribution in [0.2, 0.25) is 0 Å². The number of furan rings is 1. The Balaban J connectivity index is 0.00000182. The first-order chi connectivity index (χ1) is 12.3. The Morgan fingerprint density at radius 2 is 1.85 bits per heavy atom. The fourth-order valence-electron chi connectivity index (χ4n) is 2.42. The molecular formula is C19H23Cl2N3O2S. The third-order valence-electron chi connectivity index (χ3n) is 3.63. The molecule has 0 aliphatic heterocycles. The zero-order valence-corrected chi connectivity index (χ0v) is 17.4. The van der Waals surface area contributed by atoms with Gasteiger partial charge in [0.25, 0.3) is 5.91 Å². The van der Waals surface area contributed by atoms with E-state index in [1.165, 1.54) is 11.3 Å². The van der Waals surface area contributed by atoms with Crippen LogP contribution in [0.3, 0.4) is 0 Å². The summed E-state index contributed by atoms with van der Waals surface area (Å²) in [7, 11) is 0. The van der Waals surface area contributed by atoms with E-state index in [-0.39, 0.29) is 30.7 Å². The van der Waals surface area contributed by atoms with Crippen LogP contribution in [0.15, 0.2) is 53.1 Å². The number of hydrogen-bond acceptors (Lipinski definition) is 5. The molecule has 2 aromatic heterocycles. The van der Waals surface area contributed by atoms with Crippen molar-refractivity contribution < 1.29 is 9.21 Å². The predicted octanol–water partition coefficient (Wildman–Crippen LogP) is 4.64. The van der Waals surface area contributed by atoms with Crippen molar-refractivity contribution in [3.63, 3.8) is 0 Å². The van der Waals surface area contributed by atoms with Gasteiger partial charge in [0.1, 0.15) is 4.88 Å². The lowest BCUT2D eigenvalue weighted by Crippen LogP contribution is -2.31. The number of thiazole rings is 1. The average Bonchev–Trinajstić information content (AvgIpc) is 3.31. The third kappa shape index (κ3) is 6.07. The number of nitrogens with one attached hydrogen (secondary N) is 2. The van der Waals surface area contributed by atoms with E-state index in [9.17, 15) is 4.79 Å². The molecule has 3 aromatic rings. The molecule has 1 aromatic carbocycles. The number of aromatic nitrogens is 1. The molecule has 146 valence electrons. The lowest BCUT2D eigenvalue weighted by molar-refractivity contribution is 0.0958. The normalized spacial score (nSPS) is 9.96. The van der Waals surface area contributed by atoms with Crippen LogP contribution >= 0.6 is 36.2 Å². The number of benzene rings is 1. The van der Waals surface area contributed by atoms with Gasteiger partial charge in [-0.1, -0.05) is 37.3 Å². The summed E-state index contributed by atoms with van der Waals surface area (Å²) in [5.74, 6) is 0.568. The summed E-state index contributed by atoms with van der Waals surface area (Å²) >= 11 is 1.35. The van der Waals surface area contributed by atoms with Gasteiger partial charge < -0.3 is 15.1 Å². The van der Waals surface area contributed by atoms with Crippen LogP contribution in [-0.4, -0.2) is 30.5 Å². The fourth-order valence-corrected chi connectivity index (χ4v) is 3.39. The fraction of sp³-hybridized carbons (Fsp3) is 0.263. The number of rotatable bonds is 8. The molecule has 0 radical (unpaired) electrons. The van der Waals surface area contributed by atoms with E-state index in [0.29, 0.717) is 27.9 Å². The summed E-state index contributed by atoms with van der Waals surface area (Å²) < 4.78 is 5.44. The highest BCUT2D eigenvalue weighted by Crippen LogP contribution is 2.33. The molecule has 27 heavy (non-hydrogen) atoms. The van der Waals surface area contributed by atoms with Crippen molar-refractivity contribution in [3.8, 4) is 22.0 Å². The minimum atomic E-state index is -0.104. The number of amides is 1. The zero-order valence-electron chi connectivity index (χ0n) is 14.9. The predicted molar refractivity (Wildman–Crippen MR) is 115 cm³/mol. The van der Waals surface area contributed by atoms with Gasteiger partial charge in [-0.05, 0) is 25.1 Å². The van der Waals surface area contributed by atoms with Crippen molar-refractivity contribution in [2.75, 3.05) is 19.6 Å². The summed E-state index contributed by atoms with van der Waals surface area (Å²) in [6.45, 7) is 4.41. The minimum absolute atomic E-state index is 0. The van der Waals surface area contributed by atoms with Crippen LogP contribution in [0, 0.1) is 0 Å². The molecule has 1 amide bonds. The van der Waals surface area contributed by atoms with Crippen LogP contribution in [0.5, 0.6) is 0 Å². The Morgan fingerprint density at radius 3 is 2.52 bits per heavy atom. The number of carbonyl (C=O) groups is 1. The van der Waals surface area contributed by atoms with Gasteiger partial charge in [0.05, 0.1) is 12.0 Å². The summed E-state index contributed by atoms with van der Waals surface area (Å²) in [6.07, 6.45) is 2.69. The third-order valence-corrected chi connectivity index (χ3v) is 4.70. The standard InChI is InChI=1S/C19H21N3O2S.2ClH/c1-2-10-20-11-12-21-18(23)17-16(14-7-4-3-5-8-14)22-19(25-17)15-9-6-13-24-15;;/h3-9,13,20H,2,10-12H2,1H3,(H,21,23);2*1H. The molecule has 0 saturated carbocycles. The number of carbonyl (C=O) groups excluding carboxylic acids is 1. The second kappa shape index (κ2) is 11.8. The van der Waals surface area contributed by atoms with Gasteiger partial charge in [-0.15, -0.1) is 36.2 Å². The van der Waals surface area contributed by atoms with E-state index >= 15 is 0 Å². The number of hydrogen-bond donors (Lipinski definition) is 2.